The number of halogens is 4. The van der Waals surface area contributed by atoms with E-state index in [1.54, 1.807) is 5.38 Å². The van der Waals surface area contributed by atoms with E-state index >= 15 is 0 Å². The third-order valence-electron chi connectivity index (χ3n) is 2.80. The van der Waals surface area contributed by atoms with Gasteiger partial charge in [0.25, 0.3) is 5.91 Å². The Bertz CT molecular complexity index is 662. The zero-order valence-electron chi connectivity index (χ0n) is 12.3. The first-order chi connectivity index (χ1) is 10.9. The predicted molar refractivity (Wildman–Crippen MR) is 86.5 cm³/mol. The van der Waals surface area contributed by atoms with E-state index in [-0.39, 0.29) is 43.7 Å². The molecule has 0 aliphatic heterocycles. The van der Waals surface area contributed by atoms with Crippen molar-refractivity contribution in [3.63, 3.8) is 0 Å². The van der Waals surface area contributed by atoms with Gasteiger partial charge < -0.3 is 15.8 Å². The van der Waals surface area contributed by atoms with Crippen molar-refractivity contribution < 1.29 is 22.7 Å². The molecule has 132 valence electrons. The number of hydrogen-bond donors (Lipinski definition) is 2. The topological polar surface area (TPSA) is 77.2 Å². The minimum absolute atomic E-state index is 0. The van der Waals surface area contributed by atoms with Crippen molar-refractivity contribution in [1.29, 1.82) is 0 Å². The second-order valence-corrected chi connectivity index (χ2v) is 5.40. The molecule has 0 atom stereocenters. The molecule has 1 amide bonds. The summed E-state index contributed by atoms with van der Waals surface area (Å²) in [5.74, 6) is -0.0525. The van der Waals surface area contributed by atoms with Crippen LogP contribution in [0.1, 0.15) is 21.1 Å². The number of rotatable bonds is 6. The van der Waals surface area contributed by atoms with Crippen LogP contribution >= 0.6 is 23.7 Å². The molecule has 2 rings (SSSR count). The Morgan fingerprint density at radius 1 is 1.29 bits per heavy atom. The van der Waals surface area contributed by atoms with E-state index in [0.717, 1.165) is 12.1 Å². The standard InChI is InChI=1S/C14H14F3N3O2S.ClH/c15-14(16,17)9-1-3-10(4-2-9)22-6-5-19-13(21)11-8-23-12(7-18)20-11;/h1-4,8H,5-7,18H2,(H,19,21);1H. The maximum atomic E-state index is 12.4. The van der Waals surface area contributed by atoms with Gasteiger partial charge in [0.15, 0.2) is 0 Å². The third-order valence-corrected chi connectivity index (χ3v) is 3.67. The van der Waals surface area contributed by atoms with Gasteiger partial charge in [-0.1, -0.05) is 0 Å². The van der Waals surface area contributed by atoms with Crippen LogP contribution < -0.4 is 15.8 Å². The molecule has 0 saturated carbocycles. The van der Waals surface area contributed by atoms with Gasteiger partial charge >= 0.3 is 6.18 Å². The first-order valence-electron chi connectivity index (χ1n) is 6.63. The molecule has 5 nitrogen and oxygen atoms in total. The summed E-state index contributed by atoms with van der Waals surface area (Å²) < 4.78 is 42.5. The van der Waals surface area contributed by atoms with Crippen molar-refractivity contribution in [3.8, 4) is 5.75 Å². The van der Waals surface area contributed by atoms with E-state index in [4.69, 9.17) is 10.5 Å². The average molecular weight is 382 g/mol. The van der Waals surface area contributed by atoms with Crippen molar-refractivity contribution in [3.05, 3.63) is 45.9 Å². The molecule has 3 N–H and O–H groups in total. The molecular weight excluding hydrogens is 367 g/mol. The van der Waals surface area contributed by atoms with Gasteiger partial charge in [0.05, 0.1) is 12.1 Å². The number of amides is 1. The molecule has 0 bridgehead atoms. The van der Waals surface area contributed by atoms with Crippen LogP contribution in [0, 0.1) is 0 Å². The van der Waals surface area contributed by atoms with Crippen LogP contribution in [0.4, 0.5) is 13.2 Å². The maximum Gasteiger partial charge on any atom is 0.416 e. The number of ether oxygens (including phenoxy) is 1. The van der Waals surface area contributed by atoms with Crippen molar-refractivity contribution in [2.45, 2.75) is 12.7 Å². The second-order valence-electron chi connectivity index (χ2n) is 4.46. The lowest BCUT2D eigenvalue weighted by molar-refractivity contribution is -0.137. The van der Waals surface area contributed by atoms with Crippen LogP contribution in [0.25, 0.3) is 0 Å². The van der Waals surface area contributed by atoms with Crippen molar-refractivity contribution in [2.24, 2.45) is 5.73 Å². The highest BCUT2D eigenvalue weighted by atomic mass is 35.5. The Morgan fingerprint density at radius 2 is 1.96 bits per heavy atom. The highest BCUT2D eigenvalue weighted by Crippen LogP contribution is 2.30. The van der Waals surface area contributed by atoms with Gasteiger partial charge in [-0.15, -0.1) is 23.7 Å². The lowest BCUT2D eigenvalue weighted by atomic mass is 10.2. The molecule has 2 aromatic rings. The zero-order chi connectivity index (χ0) is 16.9. The van der Waals surface area contributed by atoms with E-state index in [1.807, 2.05) is 0 Å². The number of carbonyl (C=O) groups excluding carboxylic acids is 1. The van der Waals surface area contributed by atoms with Gasteiger partial charge in [0.1, 0.15) is 23.1 Å². The summed E-state index contributed by atoms with van der Waals surface area (Å²) in [7, 11) is 0. The van der Waals surface area contributed by atoms with E-state index in [1.165, 1.54) is 23.5 Å². The number of alkyl halides is 3. The van der Waals surface area contributed by atoms with Crippen LogP contribution in [0.5, 0.6) is 5.75 Å². The highest BCUT2D eigenvalue weighted by molar-refractivity contribution is 7.09. The van der Waals surface area contributed by atoms with Gasteiger partial charge in [0.2, 0.25) is 0 Å². The van der Waals surface area contributed by atoms with E-state index < -0.39 is 11.7 Å². The molecule has 24 heavy (non-hydrogen) atoms. The Labute approximate surface area is 146 Å². The summed E-state index contributed by atoms with van der Waals surface area (Å²) in [6.45, 7) is 0.606. The predicted octanol–water partition coefficient (Wildman–Crippen LogP) is 2.85. The fourth-order valence-electron chi connectivity index (χ4n) is 1.67. The number of nitrogens with two attached hydrogens (primary N) is 1. The molecular formula is C14H15ClF3N3O2S. The fraction of sp³-hybridized carbons (Fsp3) is 0.286. The Morgan fingerprint density at radius 3 is 2.50 bits per heavy atom. The Kier molecular flexibility index (Phi) is 7.46. The average Bonchev–Trinajstić information content (AvgIpc) is 3.00. The smallest absolute Gasteiger partial charge is 0.416 e. The highest BCUT2D eigenvalue weighted by Gasteiger charge is 2.29. The minimum Gasteiger partial charge on any atom is -0.492 e. The molecule has 0 saturated heterocycles. The van der Waals surface area contributed by atoms with Gasteiger partial charge in [-0.2, -0.15) is 13.2 Å². The van der Waals surface area contributed by atoms with Crippen LogP contribution in [-0.2, 0) is 12.7 Å². The lowest BCUT2D eigenvalue weighted by Crippen LogP contribution is -2.28. The summed E-state index contributed by atoms with van der Waals surface area (Å²) in [6.07, 6.45) is -4.37. The minimum atomic E-state index is -4.37. The molecule has 10 heteroatoms. The van der Waals surface area contributed by atoms with Crippen LogP contribution in [0.3, 0.4) is 0 Å². The Hall–Kier alpha value is -1.84. The van der Waals surface area contributed by atoms with Crippen LogP contribution in [-0.4, -0.2) is 24.0 Å². The number of aromatic nitrogens is 1. The summed E-state index contributed by atoms with van der Waals surface area (Å²) >= 11 is 1.30. The second kappa shape index (κ2) is 8.86. The number of hydrogen-bond acceptors (Lipinski definition) is 5. The van der Waals surface area contributed by atoms with Crippen molar-refractivity contribution in [2.75, 3.05) is 13.2 Å². The molecule has 0 fully saturated rings. The molecule has 0 aliphatic carbocycles. The van der Waals surface area contributed by atoms with Crippen molar-refractivity contribution in [1.82, 2.24) is 10.3 Å². The van der Waals surface area contributed by atoms with Crippen LogP contribution in [0.15, 0.2) is 29.6 Å². The molecule has 0 spiro atoms. The van der Waals surface area contributed by atoms with Gasteiger partial charge in [-0.3, -0.25) is 4.79 Å². The number of benzene rings is 1. The molecule has 0 radical (unpaired) electrons. The largest absolute Gasteiger partial charge is 0.492 e. The van der Waals surface area contributed by atoms with Gasteiger partial charge in [-0.05, 0) is 24.3 Å². The van der Waals surface area contributed by atoms with E-state index in [0.29, 0.717) is 10.8 Å². The van der Waals surface area contributed by atoms with Gasteiger partial charge in [-0.25, -0.2) is 4.98 Å². The number of nitrogens with zero attached hydrogens (tertiary/aromatic N) is 1. The first kappa shape index (κ1) is 20.2. The van der Waals surface area contributed by atoms with Gasteiger partial charge in [0, 0.05) is 11.9 Å². The molecule has 0 unspecified atom stereocenters. The molecule has 1 aromatic heterocycles. The molecule has 1 aromatic carbocycles. The maximum absolute atomic E-state index is 12.4. The normalized spacial score (nSPS) is 10.8. The zero-order valence-corrected chi connectivity index (χ0v) is 13.9. The molecule has 0 aliphatic rings. The summed E-state index contributed by atoms with van der Waals surface area (Å²) in [5, 5.41) is 4.87. The first-order valence-corrected chi connectivity index (χ1v) is 7.51. The third kappa shape index (κ3) is 5.66. The van der Waals surface area contributed by atoms with Crippen molar-refractivity contribution >= 4 is 29.7 Å². The summed E-state index contributed by atoms with van der Waals surface area (Å²) in [6, 6.07) is 4.35. The van der Waals surface area contributed by atoms with Crippen LogP contribution in [0.2, 0.25) is 0 Å². The molecule has 1 heterocycles. The monoisotopic (exact) mass is 381 g/mol. The quantitative estimate of drug-likeness (QED) is 0.754. The number of thiazole rings is 1. The lowest BCUT2D eigenvalue weighted by Gasteiger charge is -2.09. The fourth-order valence-corrected chi connectivity index (χ4v) is 2.33. The summed E-state index contributed by atoms with van der Waals surface area (Å²) in [5.41, 5.74) is 4.96. The Balaban J connectivity index is 0.00000288. The number of carbonyl (C=O) groups is 1. The van der Waals surface area contributed by atoms with E-state index in [9.17, 15) is 18.0 Å². The van der Waals surface area contributed by atoms with E-state index in [2.05, 4.69) is 10.3 Å². The number of nitrogens with one attached hydrogen (secondary N) is 1. The summed E-state index contributed by atoms with van der Waals surface area (Å²) in [4.78, 5) is 15.8. The SMILES string of the molecule is Cl.NCc1nc(C(=O)NCCOc2ccc(C(F)(F)F)cc2)cs1.